The van der Waals surface area contributed by atoms with Gasteiger partial charge < -0.3 is 4.74 Å². The second-order valence-electron chi connectivity index (χ2n) is 3.96. The van der Waals surface area contributed by atoms with Gasteiger partial charge in [0.05, 0.1) is 6.61 Å². The summed E-state index contributed by atoms with van der Waals surface area (Å²) in [7, 11) is -4.16. The van der Waals surface area contributed by atoms with E-state index in [0.717, 1.165) is 16.4 Å². The van der Waals surface area contributed by atoms with Crippen LogP contribution >= 0.6 is 0 Å². The molecule has 0 heterocycles. The molecule has 6 nitrogen and oxygen atoms in total. The third-order valence-electron chi connectivity index (χ3n) is 2.67. The van der Waals surface area contributed by atoms with Crippen LogP contribution in [0.25, 0.3) is 0 Å². The minimum absolute atomic E-state index is 0.0114. The van der Waals surface area contributed by atoms with Gasteiger partial charge in [-0.05, 0) is 19.1 Å². The number of hydrogen-bond donors (Lipinski definition) is 0. The molecule has 1 aromatic carbocycles. The van der Waals surface area contributed by atoms with E-state index in [-0.39, 0.29) is 13.2 Å². The van der Waals surface area contributed by atoms with E-state index < -0.39 is 38.8 Å². The molecule has 0 atom stereocenters. The molecule has 0 fully saturated rings. The highest BCUT2D eigenvalue weighted by Crippen LogP contribution is 2.21. The topological polar surface area (TPSA) is 87.5 Å². The number of esters is 1. The van der Waals surface area contributed by atoms with Crippen LogP contribution in [0.3, 0.4) is 0 Å². The molecule has 0 bridgehead atoms. The van der Waals surface area contributed by atoms with Gasteiger partial charge in [-0.15, -0.1) is 0 Å². The van der Waals surface area contributed by atoms with Gasteiger partial charge in [-0.25, -0.2) is 12.8 Å². The van der Waals surface area contributed by atoms with Gasteiger partial charge in [0.15, 0.2) is 0 Å². The van der Waals surface area contributed by atoms with Crippen LogP contribution in [0.1, 0.15) is 19.4 Å². The molecule has 114 valence electrons. The lowest BCUT2D eigenvalue weighted by Crippen LogP contribution is -2.36. The van der Waals surface area contributed by atoms with Crippen LogP contribution in [0, 0.1) is 17.1 Å². The maximum atomic E-state index is 13.5. The zero-order valence-corrected chi connectivity index (χ0v) is 12.5. The van der Waals surface area contributed by atoms with Gasteiger partial charge in [-0.3, -0.25) is 4.79 Å². The summed E-state index contributed by atoms with van der Waals surface area (Å²) in [6.07, 6.45) is 0. The Morgan fingerprint density at radius 2 is 2.10 bits per heavy atom. The smallest absolute Gasteiger partial charge is 0.321 e. The third kappa shape index (κ3) is 3.77. The summed E-state index contributed by atoms with van der Waals surface area (Å²) in [6, 6.07) is 4.86. The molecule has 0 aliphatic carbocycles. The van der Waals surface area contributed by atoms with E-state index in [9.17, 15) is 17.6 Å². The number of nitriles is 1. The average molecular weight is 314 g/mol. The van der Waals surface area contributed by atoms with E-state index in [4.69, 9.17) is 10.00 Å². The van der Waals surface area contributed by atoms with Gasteiger partial charge in [0.1, 0.15) is 28.9 Å². The van der Waals surface area contributed by atoms with E-state index in [1.165, 1.54) is 19.1 Å². The van der Waals surface area contributed by atoms with Crippen LogP contribution in [0.5, 0.6) is 0 Å². The summed E-state index contributed by atoms with van der Waals surface area (Å²) in [6.45, 7) is 2.75. The second kappa shape index (κ2) is 7.15. The Hall–Kier alpha value is -1.98. The van der Waals surface area contributed by atoms with Crippen LogP contribution in [0.15, 0.2) is 23.1 Å². The predicted molar refractivity (Wildman–Crippen MR) is 72.2 cm³/mol. The summed E-state index contributed by atoms with van der Waals surface area (Å²) < 4.78 is 43.9. The number of benzene rings is 1. The molecule has 0 unspecified atom stereocenters. The Labute approximate surface area is 122 Å². The molecule has 0 radical (unpaired) electrons. The van der Waals surface area contributed by atoms with Crippen LogP contribution < -0.4 is 0 Å². The number of carbonyl (C=O) groups excluding carboxylic acids is 1. The Balaban J connectivity index is 3.23. The summed E-state index contributed by atoms with van der Waals surface area (Å²) in [4.78, 5) is 11.0. The highest BCUT2D eigenvalue weighted by molar-refractivity contribution is 7.89. The Morgan fingerprint density at radius 3 is 2.62 bits per heavy atom. The summed E-state index contributed by atoms with van der Waals surface area (Å²) >= 11 is 0. The van der Waals surface area contributed by atoms with Gasteiger partial charge >= 0.3 is 5.97 Å². The number of rotatable bonds is 6. The maximum Gasteiger partial charge on any atom is 0.321 e. The number of halogens is 1. The predicted octanol–water partition coefficient (Wildman–Crippen LogP) is 1.27. The minimum Gasteiger partial charge on any atom is -0.465 e. The quantitative estimate of drug-likeness (QED) is 0.738. The van der Waals surface area contributed by atoms with Crippen LogP contribution in [-0.2, 0) is 19.6 Å². The molecule has 0 N–H and O–H groups in total. The number of hydrogen-bond acceptors (Lipinski definition) is 5. The first kappa shape index (κ1) is 17.1. The minimum atomic E-state index is -4.16. The van der Waals surface area contributed by atoms with Crippen molar-refractivity contribution in [2.75, 3.05) is 19.7 Å². The van der Waals surface area contributed by atoms with Crippen LogP contribution in [0.4, 0.5) is 4.39 Å². The molecular formula is C13H15FN2O4S. The summed E-state index contributed by atoms with van der Waals surface area (Å²) in [5.41, 5.74) is -0.570. The first-order valence-electron chi connectivity index (χ1n) is 6.22. The standard InChI is InChI=1S/C13H15FN2O4S/c1-3-16(9-13(17)20-4-2)21(18,19)12-7-5-6-11(14)10(12)8-15/h5-7H,3-4,9H2,1-2H3. The summed E-state index contributed by atoms with van der Waals surface area (Å²) in [5.74, 6) is -1.64. The van der Waals surface area contributed by atoms with Gasteiger partial charge in [-0.2, -0.15) is 9.57 Å². The van der Waals surface area contributed by atoms with E-state index in [1.54, 1.807) is 6.92 Å². The lowest BCUT2D eigenvalue weighted by Gasteiger charge is -2.20. The van der Waals surface area contributed by atoms with Crippen LogP contribution in [-0.4, -0.2) is 38.4 Å². The fourth-order valence-corrected chi connectivity index (χ4v) is 3.23. The lowest BCUT2D eigenvalue weighted by molar-refractivity contribution is -0.143. The van der Waals surface area contributed by atoms with Crippen molar-refractivity contribution in [1.82, 2.24) is 4.31 Å². The zero-order valence-electron chi connectivity index (χ0n) is 11.7. The Bertz CT molecular complexity index is 667. The van der Waals surface area contributed by atoms with Crippen molar-refractivity contribution < 1.29 is 22.3 Å². The molecule has 0 aromatic heterocycles. The van der Waals surface area contributed by atoms with Crippen molar-refractivity contribution in [3.05, 3.63) is 29.6 Å². The van der Waals surface area contributed by atoms with E-state index in [0.29, 0.717) is 0 Å². The molecule has 21 heavy (non-hydrogen) atoms. The molecule has 0 spiro atoms. The molecule has 1 rings (SSSR count). The Kier molecular flexibility index (Phi) is 5.81. The fourth-order valence-electron chi connectivity index (χ4n) is 1.68. The number of sulfonamides is 1. The summed E-state index contributed by atoms with van der Waals surface area (Å²) in [5, 5.41) is 8.92. The molecular weight excluding hydrogens is 299 g/mol. The second-order valence-corrected chi connectivity index (χ2v) is 5.87. The number of carbonyl (C=O) groups is 1. The Morgan fingerprint density at radius 1 is 1.43 bits per heavy atom. The monoisotopic (exact) mass is 314 g/mol. The van der Waals surface area contributed by atoms with Crippen molar-refractivity contribution in [3.8, 4) is 6.07 Å². The maximum absolute atomic E-state index is 13.5. The van der Waals surface area contributed by atoms with Gasteiger partial charge in [0.25, 0.3) is 0 Å². The normalized spacial score (nSPS) is 11.2. The third-order valence-corrected chi connectivity index (χ3v) is 4.63. The van der Waals surface area contributed by atoms with Gasteiger partial charge in [0.2, 0.25) is 10.0 Å². The molecule has 0 amide bonds. The van der Waals surface area contributed by atoms with Crippen molar-refractivity contribution in [1.29, 1.82) is 5.26 Å². The van der Waals surface area contributed by atoms with Crippen molar-refractivity contribution >= 4 is 16.0 Å². The van der Waals surface area contributed by atoms with Gasteiger partial charge in [-0.1, -0.05) is 13.0 Å². The van der Waals surface area contributed by atoms with Gasteiger partial charge in [0, 0.05) is 6.54 Å². The van der Waals surface area contributed by atoms with Crippen molar-refractivity contribution in [2.24, 2.45) is 0 Å². The highest BCUT2D eigenvalue weighted by atomic mass is 32.2. The fraction of sp³-hybridized carbons (Fsp3) is 0.385. The zero-order chi connectivity index (χ0) is 16.0. The molecule has 8 heteroatoms. The molecule has 0 aliphatic rings. The largest absolute Gasteiger partial charge is 0.465 e. The lowest BCUT2D eigenvalue weighted by atomic mass is 10.2. The van der Waals surface area contributed by atoms with E-state index >= 15 is 0 Å². The molecule has 0 saturated heterocycles. The first-order valence-corrected chi connectivity index (χ1v) is 7.66. The average Bonchev–Trinajstić information content (AvgIpc) is 2.44. The van der Waals surface area contributed by atoms with Crippen molar-refractivity contribution in [3.63, 3.8) is 0 Å². The van der Waals surface area contributed by atoms with E-state index in [1.807, 2.05) is 0 Å². The number of nitrogens with zero attached hydrogens (tertiary/aromatic N) is 2. The molecule has 0 saturated carbocycles. The highest BCUT2D eigenvalue weighted by Gasteiger charge is 2.29. The van der Waals surface area contributed by atoms with E-state index in [2.05, 4.69) is 0 Å². The van der Waals surface area contributed by atoms with Crippen LogP contribution in [0.2, 0.25) is 0 Å². The number of ether oxygens (including phenoxy) is 1. The number of likely N-dealkylation sites (N-methyl/N-ethyl adjacent to an activating group) is 1. The SMILES string of the molecule is CCOC(=O)CN(CC)S(=O)(=O)c1cccc(F)c1C#N. The van der Waals surface area contributed by atoms with Crippen molar-refractivity contribution in [2.45, 2.75) is 18.7 Å². The first-order chi connectivity index (χ1) is 9.88. The molecule has 1 aromatic rings. The molecule has 0 aliphatic heterocycles.